The standard InChI is InChI=1S/C9H10ClIN2O/c1-5-7(11)8(10)13-9(12-5)6-3-2-4-14-6/h6H,2-4H2,1H3. The minimum Gasteiger partial charge on any atom is -0.370 e. The Morgan fingerprint density at radius 1 is 1.50 bits per heavy atom. The molecule has 0 radical (unpaired) electrons. The van der Waals surface area contributed by atoms with Gasteiger partial charge in [0.1, 0.15) is 11.3 Å². The van der Waals surface area contributed by atoms with Crippen LogP contribution in [-0.4, -0.2) is 16.6 Å². The molecule has 0 N–H and O–H groups in total. The van der Waals surface area contributed by atoms with Gasteiger partial charge in [-0.15, -0.1) is 0 Å². The van der Waals surface area contributed by atoms with Crippen LogP contribution in [0, 0.1) is 10.5 Å². The van der Waals surface area contributed by atoms with Gasteiger partial charge in [-0.3, -0.25) is 0 Å². The SMILES string of the molecule is Cc1nc(C2CCCO2)nc(Cl)c1I. The molecule has 0 aromatic carbocycles. The molecule has 1 aromatic heterocycles. The number of halogens is 2. The van der Waals surface area contributed by atoms with Crippen LogP contribution in [0.2, 0.25) is 5.15 Å². The molecule has 5 heteroatoms. The van der Waals surface area contributed by atoms with E-state index in [1.807, 2.05) is 6.92 Å². The maximum atomic E-state index is 5.98. The Morgan fingerprint density at radius 3 is 2.86 bits per heavy atom. The van der Waals surface area contributed by atoms with Gasteiger partial charge in [0.05, 0.1) is 9.26 Å². The number of nitrogens with zero attached hydrogens (tertiary/aromatic N) is 2. The molecular weight excluding hydrogens is 314 g/mol. The molecule has 0 spiro atoms. The lowest BCUT2D eigenvalue weighted by Gasteiger charge is -2.09. The first-order valence-corrected chi connectivity index (χ1v) is 5.95. The lowest BCUT2D eigenvalue weighted by molar-refractivity contribution is 0.105. The predicted molar refractivity (Wildman–Crippen MR) is 62.4 cm³/mol. The van der Waals surface area contributed by atoms with Gasteiger partial charge in [-0.25, -0.2) is 9.97 Å². The Bertz CT molecular complexity index is 330. The van der Waals surface area contributed by atoms with Crippen molar-refractivity contribution >= 4 is 34.2 Å². The lowest BCUT2D eigenvalue weighted by atomic mass is 10.2. The molecule has 1 fully saturated rings. The third kappa shape index (κ3) is 2.01. The van der Waals surface area contributed by atoms with Crippen molar-refractivity contribution in [3.63, 3.8) is 0 Å². The second kappa shape index (κ2) is 4.28. The van der Waals surface area contributed by atoms with Crippen molar-refractivity contribution in [3.8, 4) is 0 Å². The summed E-state index contributed by atoms with van der Waals surface area (Å²) in [6, 6.07) is 0. The van der Waals surface area contributed by atoms with E-state index in [-0.39, 0.29) is 6.10 Å². The van der Waals surface area contributed by atoms with Gasteiger partial charge in [0.2, 0.25) is 0 Å². The van der Waals surface area contributed by atoms with Gasteiger partial charge in [0, 0.05) is 6.61 Å². The second-order valence-electron chi connectivity index (χ2n) is 3.27. The number of aromatic nitrogens is 2. The first kappa shape index (κ1) is 10.6. The minimum absolute atomic E-state index is 0.0446. The molecule has 1 aliphatic heterocycles. The zero-order valence-electron chi connectivity index (χ0n) is 7.76. The Labute approximate surface area is 101 Å². The average molecular weight is 325 g/mol. The summed E-state index contributed by atoms with van der Waals surface area (Å²) in [6.45, 7) is 2.74. The summed E-state index contributed by atoms with van der Waals surface area (Å²) in [5.41, 5.74) is 0.927. The van der Waals surface area contributed by atoms with E-state index in [0.29, 0.717) is 5.15 Å². The van der Waals surface area contributed by atoms with E-state index < -0.39 is 0 Å². The topological polar surface area (TPSA) is 35.0 Å². The highest BCUT2D eigenvalue weighted by atomic mass is 127. The minimum atomic E-state index is 0.0446. The highest BCUT2D eigenvalue weighted by Crippen LogP contribution is 2.28. The zero-order chi connectivity index (χ0) is 10.1. The quantitative estimate of drug-likeness (QED) is 0.588. The van der Waals surface area contributed by atoms with Crippen LogP contribution in [0.1, 0.15) is 30.5 Å². The molecule has 0 saturated carbocycles. The lowest BCUT2D eigenvalue weighted by Crippen LogP contribution is -2.06. The highest BCUT2D eigenvalue weighted by Gasteiger charge is 2.21. The molecule has 76 valence electrons. The van der Waals surface area contributed by atoms with Crippen molar-refractivity contribution in [2.75, 3.05) is 6.61 Å². The third-order valence-electron chi connectivity index (χ3n) is 2.21. The first-order valence-electron chi connectivity index (χ1n) is 4.49. The number of hydrogen-bond donors (Lipinski definition) is 0. The fraction of sp³-hybridized carbons (Fsp3) is 0.556. The van der Waals surface area contributed by atoms with Gasteiger partial charge in [0.25, 0.3) is 0 Å². The molecule has 14 heavy (non-hydrogen) atoms. The summed E-state index contributed by atoms with van der Waals surface area (Å²) in [4.78, 5) is 8.62. The molecule has 0 bridgehead atoms. The van der Waals surface area contributed by atoms with Crippen LogP contribution in [0.4, 0.5) is 0 Å². The summed E-state index contributed by atoms with van der Waals surface area (Å²) in [6.07, 6.45) is 2.12. The zero-order valence-corrected chi connectivity index (χ0v) is 10.7. The van der Waals surface area contributed by atoms with Crippen molar-refractivity contribution in [2.24, 2.45) is 0 Å². The summed E-state index contributed by atoms with van der Waals surface area (Å²) in [5.74, 6) is 0.727. The normalized spacial score (nSPS) is 21.5. The van der Waals surface area contributed by atoms with Gasteiger partial charge in [-0.05, 0) is 42.4 Å². The van der Waals surface area contributed by atoms with Gasteiger partial charge >= 0.3 is 0 Å². The van der Waals surface area contributed by atoms with Crippen LogP contribution in [-0.2, 0) is 4.74 Å². The molecule has 1 aliphatic rings. The predicted octanol–water partition coefficient (Wildman–Crippen LogP) is 2.89. The van der Waals surface area contributed by atoms with Crippen LogP contribution < -0.4 is 0 Å². The van der Waals surface area contributed by atoms with E-state index in [4.69, 9.17) is 16.3 Å². The molecule has 1 aromatic rings. The van der Waals surface area contributed by atoms with Gasteiger partial charge in [0.15, 0.2) is 5.82 Å². The maximum absolute atomic E-state index is 5.98. The van der Waals surface area contributed by atoms with Crippen molar-refractivity contribution in [1.29, 1.82) is 0 Å². The fourth-order valence-electron chi connectivity index (χ4n) is 1.47. The molecule has 2 heterocycles. The van der Waals surface area contributed by atoms with E-state index in [0.717, 1.165) is 34.5 Å². The first-order chi connectivity index (χ1) is 6.68. The van der Waals surface area contributed by atoms with E-state index in [9.17, 15) is 0 Å². The molecule has 1 atom stereocenters. The van der Waals surface area contributed by atoms with Crippen LogP contribution in [0.5, 0.6) is 0 Å². The van der Waals surface area contributed by atoms with Crippen molar-refractivity contribution in [3.05, 3.63) is 20.2 Å². The summed E-state index contributed by atoms with van der Waals surface area (Å²) >= 11 is 8.13. The van der Waals surface area contributed by atoms with Crippen LogP contribution >= 0.6 is 34.2 Å². The molecular formula is C9H10ClIN2O. The molecule has 0 amide bonds. The van der Waals surface area contributed by atoms with E-state index in [1.165, 1.54) is 0 Å². The summed E-state index contributed by atoms with van der Waals surface area (Å²) in [7, 11) is 0. The third-order valence-corrected chi connectivity index (χ3v) is 4.10. The van der Waals surface area contributed by atoms with Gasteiger partial charge < -0.3 is 4.74 Å². The molecule has 2 rings (SSSR count). The largest absolute Gasteiger partial charge is 0.370 e. The van der Waals surface area contributed by atoms with Crippen molar-refractivity contribution in [2.45, 2.75) is 25.9 Å². The molecule has 3 nitrogen and oxygen atoms in total. The van der Waals surface area contributed by atoms with E-state index in [2.05, 4.69) is 32.6 Å². The van der Waals surface area contributed by atoms with Crippen molar-refractivity contribution in [1.82, 2.24) is 9.97 Å². The number of hydrogen-bond acceptors (Lipinski definition) is 3. The monoisotopic (exact) mass is 324 g/mol. The summed E-state index contributed by atoms with van der Waals surface area (Å²) in [5, 5.41) is 0.531. The summed E-state index contributed by atoms with van der Waals surface area (Å²) < 4.78 is 6.42. The van der Waals surface area contributed by atoms with E-state index >= 15 is 0 Å². The Balaban J connectivity index is 2.34. The number of aryl methyl sites for hydroxylation is 1. The van der Waals surface area contributed by atoms with Crippen molar-refractivity contribution < 1.29 is 4.74 Å². The molecule has 1 unspecified atom stereocenters. The highest BCUT2D eigenvalue weighted by molar-refractivity contribution is 14.1. The van der Waals surface area contributed by atoms with Crippen LogP contribution in [0.15, 0.2) is 0 Å². The van der Waals surface area contributed by atoms with Crippen LogP contribution in [0.3, 0.4) is 0 Å². The van der Waals surface area contributed by atoms with Crippen LogP contribution in [0.25, 0.3) is 0 Å². The Hall–Kier alpha value is 0.0600. The molecule has 0 aliphatic carbocycles. The smallest absolute Gasteiger partial charge is 0.159 e. The Kier molecular flexibility index (Phi) is 3.23. The number of rotatable bonds is 1. The second-order valence-corrected chi connectivity index (χ2v) is 4.71. The van der Waals surface area contributed by atoms with E-state index in [1.54, 1.807) is 0 Å². The van der Waals surface area contributed by atoms with Gasteiger partial charge in [-0.1, -0.05) is 11.6 Å². The van der Waals surface area contributed by atoms with Gasteiger partial charge in [-0.2, -0.15) is 0 Å². The molecule has 1 saturated heterocycles. The fourth-order valence-corrected chi connectivity index (χ4v) is 1.93. The average Bonchev–Trinajstić information content (AvgIpc) is 2.66. The Morgan fingerprint density at radius 2 is 2.29 bits per heavy atom. The number of ether oxygens (including phenoxy) is 1. The maximum Gasteiger partial charge on any atom is 0.159 e.